The van der Waals surface area contributed by atoms with Crippen molar-refractivity contribution in [3.63, 3.8) is 0 Å². The van der Waals surface area contributed by atoms with Crippen LogP contribution < -0.4 is 44.4 Å². The highest BCUT2D eigenvalue weighted by Gasteiger charge is 2.27. The number of rotatable bonds is 10. The van der Waals surface area contributed by atoms with Crippen molar-refractivity contribution < 1.29 is 33.2 Å². The molecule has 2 atom stereocenters. The van der Waals surface area contributed by atoms with Crippen LogP contribution >= 0.6 is 11.8 Å². The molecule has 3 aromatic rings. The minimum Gasteiger partial charge on any atom is -0.497 e. The zero-order valence-electron chi connectivity index (χ0n) is 22.6. The van der Waals surface area contributed by atoms with Gasteiger partial charge < -0.3 is 39.1 Å². The fourth-order valence-corrected chi connectivity index (χ4v) is 5.29. The molecule has 10 nitrogen and oxygen atoms in total. The van der Waals surface area contributed by atoms with Crippen molar-refractivity contribution in [2.45, 2.75) is 11.5 Å². The topological polar surface area (TPSA) is 109 Å². The van der Waals surface area contributed by atoms with E-state index in [1.54, 1.807) is 52.7 Å². The number of methoxy groups -OCH3 is 4. The molecule has 0 bridgehead atoms. The van der Waals surface area contributed by atoms with Crippen LogP contribution in [-0.4, -0.2) is 52.4 Å². The van der Waals surface area contributed by atoms with Gasteiger partial charge in [-0.1, -0.05) is 0 Å². The first-order valence-electron chi connectivity index (χ1n) is 12.5. The first-order valence-corrected chi connectivity index (χ1v) is 13.6. The van der Waals surface area contributed by atoms with Crippen molar-refractivity contribution in [2.24, 2.45) is 0 Å². The fourth-order valence-electron chi connectivity index (χ4n) is 4.45. The minimum absolute atomic E-state index is 0.123. The number of benzene rings is 3. The maximum absolute atomic E-state index is 12.8. The van der Waals surface area contributed by atoms with Crippen LogP contribution in [0, 0.1) is 0 Å². The maximum Gasteiger partial charge on any atom is 0.234 e. The van der Waals surface area contributed by atoms with Gasteiger partial charge in [0.1, 0.15) is 11.2 Å². The Hall–Kier alpha value is -4.22. The van der Waals surface area contributed by atoms with Gasteiger partial charge in [0.05, 0.1) is 40.2 Å². The molecule has 2 aliphatic heterocycles. The lowest BCUT2D eigenvalue weighted by Gasteiger charge is -2.32. The van der Waals surface area contributed by atoms with Crippen LogP contribution in [0.4, 0.5) is 5.69 Å². The third-order valence-electron chi connectivity index (χ3n) is 6.44. The van der Waals surface area contributed by atoms with Crippen molar-refractivity contribution in [1.82, 2.24) is 10.6 Å². The van der Waals surface area contributed by atoms with E-state index in [0.29, 0.717) is 34.4 Å². The zero-order chi connectivity index (χ0) is 28.1. The second-order valence-corrected chi connectivity index (χ2v) is 9.96. The number of carbonyl (C=O) groups excluding carboxylic acids is 1. The molecule has 0 fully saturated rings. The summed E-state index contributed by atoms with van der Waals surface area (Å²) >= 11 is 1.44. The van der Waals surface area contributed by atoms with Crippen molar-refractivity contribution in [3.8, 4) is 34.5 Å². The monoisotopic (exact) mass is 565 g/mol. The highest BCUT2D eigenvalue weighted by atomic mass is 32.2. The van der Waals surface area contributed by atoms with Gasteiger partial charge in [-0.3, -0.25) is 10.1 Å². The molecule has 5 rings (SSSR count). The van der Waals surface area contributed by atoms with Crippen LogP contribution in [0.25, 0.3) is 5.70 Å². The lowest BCUT2D eigenvalue weighted by molar-refractivity contribution is -0.113. The molecule has 0 aromatic heterocycles. The van der Waals surface area contributed by atoms with E-state index in [-0.39, 0.29) is 30.0 Å². The number of thioether (sulfide) groups is 1. The van der Waals surface area contributed by atoms with E-state index in [9.17, 15) is 4.79 Å². The predicted octanol–water partition coefficient (Wildman–Crippen LogP) is 4.38. The minimum atomic E-state index is -0.295. The van der Waals surface area contributed by atoms with E-state index < -0.39 is 0 Å². The Morgan fingerprint density at radius 2 is 1.65 bits per heavy atom. The Labute approximate surface area is 236 Å². The van der Waals surface area contributed by atoms with Gasteiger partial charge in [0, 0.05) is 16.9 Å². The Kier molecular flexibility index (Phi) is 8.42. The third-order valence-corrected chi connectivity index (χ3v) is 7.45. The van der Waals surface area contributed by atoms with E-state index in [0.717, 1.165) is 22.6 Å². The SMILES string of the molecule is COc1ccc(NC(=O)CSC2NC(c3ccc4c(c3)OCO4)=CC(c3cc(OC)c(OC)c(OC)c3)N2)cc1. The van der Waals surface area contributed by atoms with E-state index in [1.165, 1.54) is 11.8 Å². The van der Waals surface area contributed by atoms with Gasteiger partial charge >= 0.3 is 0 Å². The summed E-state index contributed by atoms with van der Waals surface area (Å²) in [6.45, 7) is 0.197. The summed E-state index contributed by atoms with van der Waals surface area (Å²) < 4.78 is 32.9. The summed E-state index contributed by atoms with van der Waals surface area (Å²) in [6, 6.07) is 16.6. The van der Waals surface area contributed by atoms with E-state index in [1.807, 2.05) is 30.3 Å². The third kappa shape index (κ3) is 6.00. The smallest absolute Gasteiger partial charge is 0.234 e. The molecule has 0 aliphatic carbocycles. The van der Waals surface area contributed by atoms with Gasteiger partial charge in [-0.25, -0.2) is 0 Å². The number of ether oxygens (including phenoxy) is 6. The van der Waals surface area contributed by atoms with Crippen molar-refractivity contribution in [1.29, 1.82) is 0 Å². The number of hydrogen-bond donors (Lipinski definition) is 3. The number of nitrogens with one attached hydrogen (secondary N) is 3. The van der Waals surface area contributed by atoms with Crippen LogP contribution in [-0.2, 0) is 4.79 Å². The molecular formula is C29H31N3O7S. The highest BCUT2D eigenvalue weighted by molar-refractivity contribution is 8.00. The van der Waals surface area contributed by atoms with Crippen LogP contribution in [0.5, 0.6) is 34.5 Å². The molecule has 0 saturated heterocycles. The highest BCUT2D eigenvalue weighted by Crippen LogP contribution is 2.41. The summed E-state index contributed by atoms with van der Waals surface area (Å²) in [5.74, 6) is 3.84. The summed E-state index contributed by atoms with van der Waals surface area (Å²) in [5, 5.41) is 10.0. The van der Waals surface area contributed by atoms with Crippen molar-refractivity contribution in [2.75, 3.05) is 46.3 Å². The molecule has 210 valence electrons. The van der Waals surface area contributed by atoms with Crippen LogP contribution in [0.15, 0.2) is 60.7 Å². The molecule has 2 heterocycles. The zero-order valence-corrected chi connectivity index (χ0v) is 23.4. The van der Waals surface area contributed by atoms with Gasteiger partial charge in [-0.2, -0.15) is 0 Å². The number of hydrogen-bond acceptors (Lipinski definition) is 10. The van der Waals surface area contributed by atoms with E-state index >= 15 is 0 Å². The van der Waals surface area contributed by atoms with E-state index in [4.69, 9.17) is 28.4 Å². The Bertz CT molecular complexity index is 1370. The molecule has 11 heteroatoms. The summed E-state index contributed by atoms with van der Waals surface area (Å²) in [4.78, 5) is 12.8. The fraction of sp³-hybridized carbons (Fsp3) is 0.276. The number of fused-ring (bicyclic) bond motifs is 1. The average molecular weight is 566 g/mol. The average Bonchev–Trinajstić information content (AvgIpc) is 3.47. The molecule has 3 N–H and O–H groups in total. The van der Waals surface area contributed by atoms with Gasteiger partial charge in [0.25, 0.3) is 0 Å². The molecule has 0 saturated carbocycles. The van der Waals surface area contributed by atoms with Gasteiger partial charge in [0.15, 0.2) is 23.0 Å². The molecule has 3 aromatic carbocycles. The summed E-state index contributed by atoms with van der Waals surface area (Å²) in [7, 11) is 6.35. The Morgan fingerprint density at radius 1 is 0.925 bits per heavy atom. The normalized spacial score (nSPS) is 17.4. The largest absolute Gasteiger partial charge is 0.497 e. The molecule has 40 heavy (non-hydrogen) atoms. The van der Waals surface area contributed by atoms with Gasteiger partial charge in [-0.05, 0) is 66.2 Å². The lowest BCUT2D eigenvalue weighted by atomic mass is 10.0. The quantitative estimate of drug-likeness (QED) is 0.328. The molecular weight excluding hydrogens is 534 g/mol. The molecule has 2 aliphatic rings. The Balaban J connectivity index is 1.38. The number of amides is 1. The predicted molar refractivity (Wildman–Crippen MR) is 154 cm³/mol. The van der Waals surface area contributed by atoms with Crippen LogP contribution in [0.2, 0.25) is 0 Å². The first kappa shape index (κ1) is 27.4. The maximum atomic E-state index is 12.8. The van der Waals surface area contributed by atoms with Gasteiger partial charge in [-0.15, -0.1) is 11.8 Å². The molecule has 0 spiro atoms. The molecule has 0 radical (unpaired) electrons. The van der Waals surface area contributed by atoms with Crippen LogP contribution in [0.1, 0.15) is 17.2 Å². The summed E-state index contributed by atoms with van der Waals surface area (Å²) in [6.07, 6.45) is 2.08. The van der Waals surface area contributed by atoms with Crippen LogP contribution in [0.3, 0.4) is 0 Å². The molecule has 2 unspecified atom stereocenters. The number of anilines is 1. The first-order chi connectivity index (χ1) is 19.5. The van der Waals surface area contributed by atoms with Crippen molar-refractivity contribution >= 4 is 29.1 Å². The second-order valence-electron chi connectivity index (χ2n) is 8.86. The lowest BCUT2D eigenvalue weighted by Crippen LogP contribution is -2.45. The van der Waals surface area contributed by atoms with E-state index in [2.05, 4.69) is 22.0 Å². The van der Waals surface area contributed by atoms with Gasteiger partial charge in [0.2, 0.25) is 18.4 Å². The standard InChI is InChI=1S/C29H31N3O7S/c1-34-20-8-6-19(7-9-20)30-27(33)15-40-29-31-21(17-5-10-23-24(11-17)39-16-38-23)14-22(32-29)18-12-25(35-2)28(37-4)26(13-18)36-3/h5-14,22,29,31-32H,15-16H2,1-4H3,(H,30,33). The Morgan fingerprint density at radius 3 is 2.33 bits per heavy atom. The number of carbonyl (C=O) groups is 1. The second kappa shape index (κ2) is 12.3. The van der Waals surface area contributed by atoms with Crippen molar-refractivity contribution in [3.05, 3.63) is 71.8 Å². The summed E-state index contributed by atoms with van der Waals surface area (Å²) in [5.41, 5.74) is 3.12. The molecule has 1 amide bonds.